The van der Waals surface area contributed by atoms with Crippen molar-refractivity contribution in [2.75, 3.05) is 25.4 Å². The second kappa shape index (κ2) is 11.7. The summed E-state index contributed by atoms with van der Waals surface area (Å²) in [7, 11) is 0. The molecule has 0 bridgehead atoms. The van der Waals surface area contributed by atoms with Crippen molar-refractivity contribution in [3.8, 4) is 21.7 Å². The van der Waals surface area contributed by atoms with Crippen LogP contribution in [-0.2, 0) is 11.2 Å². The zero-order valence-electron chi connectivity index (χ0n) is 20.5. The summed E-state index contributed by atoms with van der Waals surface area (Å²) < 4.78 is 7.16. The summed E-state index contributed by atoms with van der Waals surface area (Å²) in [6.45, 7) is 4.48. The molecule has 1 fully saturated rings. The standard InChI is InChI=1S/C27H31BrN6OS/c1-2-3-4-5-6-8-18-22(21-13-17(28)15-36-21)23-26(29)32-16-33-27(23)34-24(18)19-9-7-10-31-25(19)20-14-30-11-12-35-20/h7,9-10,13,15-16,20,30H,2-6,8,11-12,14H2,1H3,(H2,29,32,33,34). The molecule has 0 spiro atoms. The molecule has 1 atom stereocenters. The molecule has 0 aliphatic carbocycles. The zero-order chi connectivity index (χ0) is 24.9. The van der Waals surface area contributed by atoms with Gasteiger partial charge in [-0.05, 0) is 52.5 Å². The monoisotopic (exact) mass is 566 g/mol. The number of fused-ring (bicyclic) bond motifs is 1. The van der Waals surface area contributed by atoms with Crippen molar-refractivity contribution in [3.63, 3.8) is 0 Å². The Morgan fingerprint density at radius 1 is 1.19 bits per heavy atom. The van der Waals surface area contributed by atoms with E-state index in [4.69, 9.17) is 20.4 Å². The van der Waals surface area contributed by atoms with E-state index in [1.54, 1.807) is 11.3 Å². The van der Waals surface area contributed by atoms with Crippen molar-refractivity contribution in [1.82, 2.24) is 25.3 Å². The number of thiophene rings is 1. The minimum Gasteiger partial charge on any atom is -0.383 e. The minimum atomic E-state index is -0.125. The molecule has 0 aromatic carbocycles. The quantitative estimate of drug-likeness (QED) is 0.228. The van der Waals surface area contributed by atoms with Crippen molar-refractivity contribution < 1.29 is 4.74 Å². The van der Waals surface area contributed by atoms with E-state index in [-0.39, 0.29) is 6.10 Å². The Balaban J connectivity index is 1.73. The molecule has 7 nitrogen and oxygen atoms in total. The highest BCUT2D eigenvalue weighted by molar-refractivity contribution is 9.10. The third-order valence-electron chi connectivity index (χ3n) is 6.58. The summed E-state index contributed by atoms with van der Waals surface area (Å²) in [6, 6.07) is 6.23. The van der Waals surface area contributed by atoms with E-state index >= 15 is 0 Å². The van der Waals surface area contributed by atoms with Gasteiger partial charge in [-0.2, -0.15) is 0 Å². The molecule has 1 unspecified atom stereocenters. The molecule has 9 heteroatoms. The third-order valence-corrected chi connectivity index (χ3v) is 8.29. The van der Waals surface area contributed by atoms with Crippen LogP contribution in [0.5, 0.6) is 0 Å². The van der Waals surface area contributed by atoms with Gasteiger partial charge < -0.3 is 15.8 Å². The van der Waals surface area contributed by atoms with Gasteiger partial charge in [0.05, 0.1) is 23.4 Å². The molecule has 3 N–H and O–H groups in total. The molecule has 0 saturated carbocycles. The lowest BCUT2D eigenvalue weighted by Gasteiger charge is -2.25. The number of rotatable bonds is 9. The second-order valence-electron chi connectivity index (χ2n) is 9.06. The van der Waals surface area contributed by atoms with Gasteiger partial charge in [0.1, 0.15) is 18.2 Å². The molecule has 4 aromatic rings. The van der Waals surface area contributed by atoms with Crippen molar-refractivity contribution in [2.24, 2.45) is 0 Å². The van der Waals surface area contributed by atoms with E-state index in [0.29, 0.717) is 18.1 Å². The predicted octanol–water partition coefficient (Wildman–Crippen LogP) is 6.33. The normalized spacial score (nSPS) is 16.0. The maximum atomic E-state index is 6.46. The lowest BCUT2D eigenvalue weighted by atomic mass is 9.91. The molecule has 188 valence electrons. The van der Waals surface area contributed by atoms with Gasteiger partial charge in [-0.1, -0.05) is 32.6 Å². The molecule has 36 heavy (non-hydrogen) atoms. The first-order valence-electron chi connectivity index (χ1n) is 12.6. The Morgan fingerprint density at radius 2 is 2.08 bits per heavy atom. The maximum absolute atomic E-state index is 6.46. The number of nitrogens with two attached hydrogens (primary N) is 1. The highest BCUT2D eigenvalue weighted by Crippen LogP contribution is 2.43. The fourth-order valence-electron chi connectivity index (χ4n) is 4.86. The number of halogens is 1. The van der Waals surface area contributed by atoms with Crippen LogP contribution in [0.4, 0.5) is 5.82 Å². The first-order valence-corrected chi connectivity index (χ1v) is 14.3. The van der Waals surface area contributed by atoms with E-state index in [9.17, 15) is 0 Å². The first kappa shape index (κ1) is 25.2. The number of nitrogens with one attached hydrogen (secondary N) is 1. The predicted molar refractivity (Wildman–Crippen MR) is 150 cm³/mol. The Kier molecular flexibility index (Phi) is 8.21. The van der Waals surface area contributed by atoms with E-state index in [0.717, 1.165) is 63.2 Å². The Hall–Kier alpha value is -2.46. The van der Waals surface area contributed by atoms with Gasteiger partial charge in [0, 0.05) is 45.1 Å². The summed E-state index contributed by atoms with van der Waals surface area (Å²) in [5.74, 6) is 0.456. The van der Waals surface area contributed by atoms with Gasteiger partial charge in [0.15, 0.2) is 5.65 Å². The molecule has 5 heterocycles. The lowest BCUT2D eigenvalue weighted by molar-refractivity contribution is 0.0254. The number of aromatic nitrogens is 4. The van der Waals surface area contributed by atoms with E-state index in [1.807, 2.05) is 12.3 Å². The maximum Gasteiger partial charge on any atom is 0.165 e. The van der Waals surface area contributed by atoms with Gasteiger partial charge in [-0.25, -0.2) is 15.0 Å². The highest BCUT2D eigenvalue weighted by Gasteiger charge is 2.26. The van der Waals surface area contributed by atoms with Gasteiger partial charge in [0.25, 0.3) is 0 Å². The number of anilines is 1. The van der Waals surface area contributed by atoms with Gasteiger partial charge in [-0.3, -0.25) is 4.98 Å². The van der Waals surface area contributed by atoms with Crippen molar-refractivity contribution >= 4 is 44.1 Å². The number of pyridine rings is 2. The van der Waals surface area contributed by atoms with Crippen LogP contribution in [0.3, 0.4) is 0 Å². The molecule has 1 aliphatic rings. The molecule has 0 amide bonds. The summed E-state index contributed by atoms with van der Waals surface area (Å²) in [5, 5.41) is 6.35. The Bertz CT molecular complexity index is 1340. The highest BCUT2D eigenvalue weighted by atomic mass is 79.9. The fraction of sp³-hybridized carbons (Fsp3) is 0.407. The number of unbranched alkanes of at least 4 members (excludes halogenated alkanes) is 4. The zero-order valence-corrected chi connectivity index (χ0v) is 22.9. The van der Waals surface area contributed by atoms with Crippen LogP contribution >= 0.6 is 27.3 Å². The molecule has 1 saturated heterocycles. The fourth-order valence-corrected chi connectivity index (χ4v) is 6.37. The average molecular weight is 568 g/mol. The number of hydrogen-bond donors (Lipinski definition) is 2. The third kappa shape index (κ3) is 5.29. The van der Waals surface area contributed by atoms with Crippen molar-refractivity contribution in [1.29, 1.82) is 0 Å². The number of nitrogens with zero attached hydrogens (tertiary/aromatic N) is 4. The van der Waals surface area contributed by atoms with E-state index in [2.05, 4.69) is 55.7 Å². The summed E-state index contributed by atoms with van der Waals surface area (Å²) >= 11 is 5.33. The van der Waals surface area contributed by atoms with Crippen LogP contribution in [0, 0.1) is 0 Å². The summed E-state index contributed by atoms with van der Waals surface area (Å²) in [6.07, 6.45) is 10.0. The van der Waals surface area contributed by atoms with Gasteiger partial charge in [-0.15, -0.1) is 11.3 Å². The van der Waals surface area contributed by atoms with Crippen LogP contribution in [0.15, 0.2) is 40.6 Å². The smallest absolute Gasteiger partial charge is 0.165 e. The van der Waals surface area contributed by atoms with Crippen LogP contribution in [0.25, 0.3) is 32.7 Å². The van der Waals surface area contributed by atoms with Gasteiger partial charge >= 0.3 is 0 Å². The lowest BCUT2D eigenvalue weighted by Crippen LogP contribution is -2.34. The largest absolute Gasteiger partial charge is 0.383 e. The van der Waals surface area contributed by atoms with Crippen LogP contribution in [0.2, 0.25) is 0 Å². The Morgan fingerprint density at radius 3 is 2.86 bits per heavy atom. The number of ether oxygens (including phenoxy) is 1. The molecule has 5 rings (SSSR count). The van der Waals surface area contributed by atoms with Gasteiger partial charge in [0.2, 0.25) is 0 Å². The summed E-state index contributed by atoms with van der Waals surface area (Å²) in [4.78, 5) is 19.9. The minimum absolute atomic E-state index is 0.125. The number of hydrogen-bond acceptors (Lipinski definition) is 8. The van der Waals surface area contributed by atoms with E-state index in [1.165, 1.54) is 37.6 Å². The van der Waals surface area contributed by atoms with Crippen molar-refractivity contribution in [3.05, 3.63) is 51.8 Å². The van der Waals surface area contributed by atoms with Crippen LogP contribution < -0.4 is 11.1 Å². The molecule has 0 radical (unpaired) electrons. The van der Waals surface area contributed by atoms with Crippen LogP contribution in [-0.4, -0.2) is 39.6 Å². The molecular weight excluding hydrogens is 536 g/mol. The Labute approximate surface area is 224 Å². The van der Waals surface area contributed by atoms with E-state index < -0.39 is 0 Å². The molecule has 1 aliphatic heterocycles. The second-order valence-corrected chi connectivity index (χ2v) is 10.9. The number of morpholine rings is 1. The first-order chi connectivity index (χ1) is 17.7. The summed E-state index contributed by atoms with van der Waals surface area (Å²) in [5.41, 5.74) is 12.1. The van der Waals surface area contributed by atoms with Crippen LogP contribution in [0.1, 0.15) is 56.4 Å². The SMILES string of the molecule is CCCCCCCc1c(-c2cccnc2C2CNCCO2)nc2ncnc(N)c2c1-c1cc(Br)cs1. The number of nitrogen functional groups attached to an aromatic ring is 1. The molecular formula is C27H31BrN6OS. The topological polar surface area (TPSA) is 98.8 Å². The molecule has 4 aromatic heterocycles. The van der Waals surface area contributed by atoms with Crippen molar-refractivity contribution in [2.45, 2.75) is 51.6 Å². The average Bonchev–Trinajstić information content (AvgIpc) is 3.34.